The summed E-state index contributed by atoms with van der Waals surface area (Å²) in [5.74, 6) is 0. The topological polar surface area (TPSA) is 29.3 Å². The molecule has 0 saturated carbocycles. The van der Waals surface area contributed by atoms with Crippen LogP contribution in [0.5, 0.6) is 0 Å². The number of aromatic nitrogens is 2. The first kappa shape index (κ1) is 8.00. The summed E-state index contributed by atoms with van der Waals surface area (Å²) in [4.78, 5) is 0. The predicted octanol–water partition coefficient (Wildman–Crippen LogP) is 1.76. The Morgan fingerprint density at radius 2 is 2.43 bits per heavy atom. The summed E-state index contributed by atoms with van der Waals surface area (Å²) in [6.45, 7) is 1.14. The second-order valence-corrected chi connectivity index (χ2v) is 3.77. The van der Waals surface area contributed by atoms with Crippen LogP contribution >= 0.6 is 0 Å². The van der Waals surface area contributed by atoms with Gasteiger partial charge in [0.15, 0.2) is 0 Å². The van der Waals surface area contributed by atoms with Gasteiger partial charge in [-0.3, -0.25) is 0 Å². The minimum atomic E-state index is 0.524. The Morgan fingerprint density at radius 1 is 1.43 bits per heavy atom. The van der Waals surface area contributed by atoms with Crippen molar-refractivity contribution in [3.05, 3.63) is 36.2 Å². The number of hydrogen-bond acceptors (Lipinski definition) is 2. The van der Waals surface area contributed by atoms with Crippen LogP contribution in [0.3, 0.4) is 0 Å². The van der Waals surface area contributed by atoms with Crippen LogP contribution in [0, 0.1) is 0 Å². The molecule has 3 nitrogen and oxygen atoms in total. The van der Waals surface area contributed by atoms with Crippen molar-refractivity contribution in [1.82, 2.24) is 14.9 Å². The zero-order valence-corrected chi connectivity index (χ0v) is 7.98. The third-order valence-corrected chi connectivity index (χ3v) is 2.90. The zero-order chi connectivity index (χ0) is 9.38. The Labute approximate surface area is 82.7 Å². The molecule has 14 heavy (non-hydrogen) atoms. The lowest BCUT2D eigenvalue weighted by molar-refractivity contribution is 0.649. The van der Waals surface area contributed by atoms with E-state index in [0.717, 1.165) is 6.54 Å². The molecule has 0 aliphatic carbocycles. The summed E-state index contributed by atoms with van der Waals surface area (Å²) in [6.07, 6.45) is 6.37. The highest BCUT2D eigenvalue weighted by molar-refractivity contribution is 5.55. The Balaban J connectivity index is 2.14. The first-order chi connectivity index (χ1) is 6.95. The molecule has 1 N–H and O–H groups in total. The second kappa shape index (κ2) is 3.10. The van der Waals surface area contributed by atoms with Gasteiger partial charge in [-0.1, -0.05) is 6.07 Å². The van der Waals surface area contributed by atoms with Crippen LogP contribution < -0.4 is 5.32 Å². The van der Waals surface area contributed by atoms with Gasteiger partial charge in [-0.05, 0) is 37.1 Å². The van der Waals surface area contributed by atoms with Crippen LogP contribution in [0.25, 0.3) is 5.52 Å². The largest absolute Gasteiger partial charge is 0.310 e. The molecule has 3 heteroatoms. The molecule has 0 spiro atoms. The zero-order valence-electron chi connectivity index (χ0n) is 7.98. The van der Waals surface area contributed by atoms with Crippen LogP contribution in [0.2, 0.25) is 0 Å². The van der Waals surface area contributed by atoms with Gasteiger partial charge in [0, 0.05) is 18.4 Å². The smallest absolute Gasteiger partial charge is 0.0709 e. The number of nitrogens with one attached hydrogen (secondary N) is 1. The van der Waals surface area contributed by atoms with Crippen LogP contribution in [0.4, 0.5) is 0 Å². The lowest BCUT2D eigenvalue weighted by atomic mass is 10.1. The molecular weight excluding hydrogens is 174 g/mol. The summed E-state index contributed by atoms with van der Waals surface area (Å²) in [5, 5.41) is 7.75. The molecule has 72 valence electrons. The van der Waals surface area contributed by atoms with Gasteiger partial charge in [0.25, 0.3) is 0 Å². The van der Waals surface area contributed by atoms with E-state index in [-0.39, 0.29) is 0 Å². The van der Waals surface area contributed by atoms with E-state index in [0.29, 0.717) is 6.04 Å². The maximum Gasteiger partial charge on any atom is 0.0709 e. The van der Waals surface area contributed by atoms with Gasteiger partial charge in [0.2, 0.25) is 0 Å². The van der Waals surface area contributed by atoms with E-state index in [9.17, 15) is 0 Å². The molecule has 2 aromatic rings. The molecule has 1 atom stereocenters. The highest BCUT2D eigenvalue weighted by atomic mass is 15.2. The summed E-state index contributed by atoms with van der Waals surface area (Å²) >= 11 is 0. The van der Waals surface area contributed by atoms with Crippen LogP contribution in [-0.2, 0) is 0 Å². The van der Waals surface area contributed by atoms with E-state index >= 15 is 0 Å². The van der Waals surface area contributed by atoms with Gasteiger partial charge in [0.05, 0.1) is 5.52 Å². The number of nitrogens with zero attached hydrogens (tertiary/aromatic N) is 2. The highest BCUT2D eigenvalue weighted by Gasteiger charge is 2.18. The highest BCUT2D eigenvalue weighted by Crippen LogP contribution is 2.26. The standard InChI is InChI=1S/C11H13N3/c1-4-10(12-6-1)9-3-2-8-14-11(9)5-7-13-14/h2-3,5,7-8,10,12H,1,4,6H2. The Kier molecular flexibility index (Phi) is 1.77. The molecule has 3 rings (SSSR count). The molecule has 0 amide bonds. The van der Waals surface area contributed by atoms with Crippen molar-refractivity contribution in [2.45, 2.75) is 18.9 Å². The lowest BCUT2D eigenvalue weighted by Gasteiger charge is -2.11. The van der Waals surface area contributed by atoms with Crippen molar-refractivity contribution in [2.75, 3.05) is 6.54 Å². The number of rotatable bonds is 1. The molecule has 0 aromatic carbocycles. The average Bonchev–Trinajstić information content (AvgIpc) is 2.88. The summed E-state index contributed by atoms with van der Waals surface area (Å²) in [5.41, 5.74) is 2.61. The van der Waals surface area contributed by atoms with Gasteiger partial charge >= 0.3 is 0 Å². The maximum absolute atomic E-state index is 4.24. The first-order valence-corrected chi connectivity index (χ1v) is 5.11. The normalized spacial score (nSPS) is 21.9. The SMILES string of the molecule is c1cc(C2CCCN2)c2ccnn2c1. The van der Waals surface area contributed by atoms with E-state index < -0.39 is 0 Å². The quantitative estimate of drug-likeness (QED) is 0.737. The Morgan fingerprint density at radius 3 is 3.29 bits per heavy atom. The number of fused-ring (bicyclic) bond motifs is 1. The minimum absolute atomic E-state index is 0.524. The van der Waals surface area contributed by atoms with Crippen molar-refractivity contribution in [1.29, 1.82) is 0 Å². The monoisotopic (exact) mass is 187 g/mol. The summed E-state index contributed by atoms with van der Waals surface area (Å²) in [7, 11) is 0. The Bertz CT molecular complexity index is 440. The maximum atomic E-state index is 4.24. The molecule has 1 aliphatic heterocycles. The third kappa shape index (κ3) is 1.13. The minimum Gasteiger partial charge on any atom is -0.310 e. The lowest BCUT2D eigenvalue weighted by Crippen LogP contribution is -2.13. The summed E-state index contributed by atoms with van der Waals surface area (Å²) < 4.78 is 1.94. The van der Waals surface area contributed by atoms with Crippen molar-refractivity contribution >= 4 is 5.52 Å². The van der Waals surface area contributed by atoms with Gasteiger partial charge in [-0.15, -0.1) is 0 Å². The number of hydrogen-bond donors (Lipinski definition) is 1. The van der Waals surface area contributed by atoms with E-state index in [1.165, 1.54) is 23.9 Å². The molecule has 1 fully saturated rings. The van der Waals surface area contributed by atoms with Crippen molar-refractivity contribution < 1.29 is 0 Å². The van der Waals surface area contributed by atoms with Crippen LogP contribution in [0.15, 0.2) is 30.6 Å². The fourth-order valence-electron chi connectivity index (χ4n) is 2.22. The van der Waals surface area contributed by atoms with Gasteiger partial charge in [0.1, 0.15) is 0 Å². The van der Waals surface area contributed by atoms with Crippen molar-refractivity contribution in [2.24, 2.45) is 0 Å². The number of pyridine rings is 1. The fraction of sp³-hybridized carbons (Fsp3) is 0.364. The van der Waals surface area contributed by atoms with E-state index in [1.807, 2.05) is 16.9 Å². The van der Waals surface area contributed by atoms with E-state index in [2.05, 4.69) is 28.6 Å². The van der Waals surface area contributed by atoms with Crippen molar-refractivity contribution in [3.63, 3.8) is 0 Å². The van der Waals surface area contributed by atoms with E-state index in [1.54, 1.807) is 0 Å². The summed E-state index contributed by atoms with van der Waals surface area (Å²) in [6, 6.07) is 6.86. The van der Waals surface area contributed by atoms with Gasteiger partial charge in [-0.2, -0.15) is 5.10 Å². The molecule has 1 aliphatic rings. The predicted molar refractivity (Wildman–Crippen MR) is 55.2 cm³/mol. The van der Waals surface area contributed by atoms with Crippen LogP contribution in [-0.4, -0.2) is 16.2 Å². The third-order valence-electron chi connectivity index (χ3n) is 2.90. The van der Waals surface area contributed by atoms with Crippen LogP contribution in [0.1, 0.15) is 24.4 Å². The van der Waals surface area contributed by atoms with E-state index in [4.69, 9.17) is 0 Å². The molecule has 1 unspecified atom stereocenters. The molecule has 2 aromatic heterocycles. The molecule has 0 radical (unpaired) electrons. The molecule has 0 bridgehead atoms. The fourth-order valence-corrected chi connectivity index (χ4v) is 2.22. The first-order valence-electron chi connectivity index (χ1n) is 5.11. The molecular formula is C11H13N3. The Hall–Kier alpha value is -1.35. The van der Waals surface area contributed by atoms with Crippen molar-refractivity contribution in [3.8, 4) is 0 Å². The molecule has 3 heterocycles. The van der Waals surface area contributed by atoms with Gasteiger partial charge in [-0.25, -0.2) is 4.52 Å². The molecule has 1 saturated heterocycles. The van der Waals surface area contributed by atoms with Gasteiger partial charge < -0.3 is 5.32 Å². The average molecular weight is 187 g/mol. The second-order valence-electron chi connectivity index (χ2n) is 3.77.